The number of hydrogen-bond donors (Lipinski definition) is 2. The maximum Gasteiger partial charge on any atom is 0.0689 e. The van der Waals surface area contributed by atoms with Crippen molar-refractivity contribution in [3.05, 3.63) is 0 Å². The molecule has 0 radical (unpaired) electrons. The van der Waals surface area contributed by atoms with E-state index < -0.39 is 0 Å². The molecular formula is C10H20OS. The molecule has 4 unspecified atom stereocenters. The van der Waals surface area contributed by atoms with E-state index in [1.165, 1.54) is 6.42 Å². The van der Waals surface area contributed by atoms with Crippen LogP contribution in [-0.4, -0.2) is 16.5 Å². The van der Waals surface area contributed by atoms with Crippen LogP contribution in [0.1, 0.15) is 33.6 Å². The highest BCUT2D eigenvalue weighted by Gasteiger charge is 2.35. The third-order valence-corrected chi connectivity index (χ3v) is 4.00. The van der Waals surface area contributed by atoms with Crippen LogP contribution >= 0.6 is 12.6 Å². The molecule has 0 saturated heterocycles. The molecule has 1 aliphatic rings. The van der Waals surface area contributed by atoms with Crippen LogP contribution in [0.5, 0.6) is 0 Å². The molecule has 1 fully saturated rings. The van der Waals surface area contributed by atoms with Crippen LogP contribution in [0, 0.1) is 17.8 Å². The Hall–Kier alpha value is 0.310. The number of thiol groups is 1. The Morgan fingerprint density at radius 3 is 2.42 bits per heavy atom. The van der Waals surface area contributed by atoms with Gasteiger partial charge in [-0.2, -0.15) is 12.6 Å². The number of aliphatic hydroxyl groups is 1. The lowest BCUT2D eigenvalue weighted by Crippen LogP contribution is -2.41. The highest BCUT2D eigenvalue weighted by Crippen LogP contribution is 2.36. The largest absolute Gasteiger partial charge is 0.392 e. The van der Waals surface area contributed by atoms with E-state index in [0.29, 0.717) is 17.8 Å². The lowest BCUT2D eigenvalue weighted by molar-refractivity contribution is 0.0337. The van der Waals surface area contributed by atoms with E-state index in [1.807, 2.05) is 0 Å². The van der Waals surface area contributed by atoms with E-state index in [-0.39, 0.29) is 11.4 Å². The van der Waals surface area contributed by atoms with Crippen LogP contribution in [0.3, 0.4) is 0 Å². The van der Waals surface area contributed by atoms with Crippen LogP contribution in [0.15, 0.2) is 0 Å². The van der Waals surface area contributed by atoms with Gasteiger partial charge >= 0.3 is 0 Å². The summed E-state index contributed by atoms with van der Waals surface area (Å²) in [6.07, 6.45) is 2.18. The van der Waals surface area contributed by atoms with E-state index in [2.05, 4.69) is 33.4 Å². The van der Waals surface area contributed by atoms with Gasteiger partial charge in [0.2, 0.25) is 0 Å². The summed E-state index contributed by atoms with van der Waals surface area (Å²) in [5, 5.41) is 10.1. The van der Waals surface area contributed by atoms with E-state index in [9.17, 15) is 5.11 Å². The van der Waals surface area contributed by atoms with Gasteiger partial charge in [-0.1, -0.05) is 20.8 Å². The van der Waals surface area contributed by atoms with Crippen molar-refractivity contribution in [2.45, 2.75) is 45.0 Å². The van der Waals surface area contributed by atoms with Gasteiger partial charge in [0, 0.05) is 5.25 Å². The lowest BCUT2D eigenvalue weighted by atomic mass is 9.75. The first-order valence-electron chi connectivity index (χ1n) is 4.90. The van der Waals surface area contributed by atoms with Crippen LogP contribution in [-0.2, 0) is 0 Å². The van der Waals surface area contributed by atoms with Gasteiger partial charge < -0.3 is 5.11 Å². The third-order valence-electron chi connectivity index (χ3n) is 3.18. The molecule has 0 amide bonds. The molecule has 72 valence electrons. The summed E-state index contributed by atoms with van der Waals surface area (Å²) in [5.74, 6) is 1.61. The summed E-state index contributed by atoms with van der Waals surface area (Å²) >= 11 is 4.46. The maximum absolute atomic E-state index is 9.90. The fourth-order valence-electron chi connectivity index (χ4n) is 2.11. The molecule has 1 N–H and O–H groups in total. The highest BCUT2D eigenvalue weighted by molar-refractivity contribution is 7.81. The summed E-state index contributed by atoms with van der Waals surface area (Å²) in [4.78, 5) is 0. The van der Waals surface area contributed by atoms with Gasteiger partial charge in [0.15, 0.2) is 0 Å². The molecule has 1 rings (SSSR count). The van der Waals surface area contributed by atoms with Gasteiger partial charge in [0.05, 0.1) is 6.10 Å². The molecule has 0 aromatic carbocycles. The second-order valence-corrected chi connectivity index (χ2v) is 5.04. The molecule has 0 heterocycles. The van der Waals surface area contributed by atoms with Crippen molar-refractivity contribution >= 4 is 12.6 Å². The Morgan fingerprint density at radius 2 is 1.92 bits per heavy atom. The number of aliphatic hydroxyl groups excluding tert-OH is 1. The monoisotopic (exact) mass is 188 g/mol. The van der Waals surface area contributed by atoms with E-state index in [0.717, 1.165) is 6.42 Å². The van der Waals surface area contributed by atoms with Crippen molar-refractivity contribution in [3.63, 3.8) is 0 Å². The molecule has 0 bridgehead atoms. The zero-order valence-electron chi connectivity index (χ0n) is 8.20. The van der Waals surface area contributed by atoms with Crippen LogP contribution in [0.2, 0.25) is 0 Å². The molecule has 2 heteroatoms. The Balaban J connectivity index is 2.58. The standard InChI is InChI=1S/C10H20OS/c1-6(2)8-5-4-7(3)10(12)9(8)11/h6-12H,4-5H2,1-3H3. The minimum atomic E-state index is -0.197. The average Bonchev–Trinajstić information content (AvgIpc) is 2.00. The minimum Gasteiger partial charge on any atom is -0.392 e. The molecule has 0 aromatic rings. The topological polar surface area (TPSA) is 20.2 Å². The predicted octanol–water partition coefficient (Wildman–Crippen LogP) is 2.35. The summed E-state index contributed by atoms with van der Waals surface area (Å²) in [5.41, 5.74) is 0. The van der Waals surface area contributed by atoms with Gasteiger partial charge in [0.25, 0.3) is 0 Å². The minimum absolute atomic E-state index is 0.186. The van der Waals surface area contributed by atoms with Crippen molar-refractivity contribution in [3.8, 4) is 0 Å². The van der Waals surface area contributed by atoms with Gasteiger partial charge in [-0.05, 0) is 30.6 Å². The van der Waals surface area contributed by atoms with E-state index in [1.54, 1.807) is 0 Å². The first kappa shape index (κ1) is 10.4. The molecule has 0 aromatic heterocycles. The van der Waals surface area contributed by atoms with Crippen molar-refractivity contribution in [1.82, 2.24) is 0 Å². The van der Waals surface area contributed by atoms with E-state index in [4.69, 9.17) is 0 Å². The molecule has 4 atom stereocenters. The quantitative estimate of drug-likeness (QED) is 0.605. The Kier molecular flexibility index (Phi) is 3.47. The van der Waals surface area contributed by atoms with Crippen molar-refractivity contribution in [2.75, 3.05) is 0 Å². The van der Waals surface area contributed by atoms with Crippen LogP contribution < -0.4 is 0 Å². The van der Waals surface area contributed by atoms with Crippen molar-refractivity contribution < 1.29 is 5.11 Å². The molecule has 0 aliphatic heterocycles. The summed E-state index contributed by atoms with van der Waals surface area (Å²) in [7, 11) is 0. The predicted molar refractivity (Wildman–Crippen MR) is 55.5 cm³/mol. The molecule has 1 aliphatic carbocycles. The summed E-state index contributed by atoms with van der Waals surface area (Å²) in [6.45, 7) is 6.55. The maximum atomic E-state index is 9.90. The summed E-state index contributed by atoms with van der Waals surface area (Å²) in [6, 6.07) is 0. The van der Waals surface area contributed by atoms with Crippen LogP contribution in [0.25, 0.3) is 0 Å². The Labute approximate surface area is 81.0 Å². The van der Waals surface area contributed by atoms with Gasteiger partial charge in [-0.3, -0.25) is 0 Å². The number of rotatable bonds is 1. The fraction of sp³-hybridized carbons (Fsp3) is 1.00. The molecular weight excluding hydrogens is 168 g/mol. The lowest BCUT2D eigenvalue weighted by Gasteiger charge is -2.38. The SMILES string of the molecule is CC(C)C1CCC(C)C(S)C1O. The van der Waals surface area contributed by atoms with Crippen molar-refractivity contribution in [2.24, 2.45) is 17.8 Å². The Morgan fingerprint density at radius 1 is 1.33 bits per heavy atom. The second kappa shape index (κ2) is 4.01. The molecule has 1 saturated carbocycles. The highest BCUT2D eigenvalue weighted by atomic mass is 32.1. The smallest absolute Gasteiger partial charge is 0.0689 e. The first-order valence-corrected chi connectivity index (χ1v) is 5.41. The third kappa shape index (κ3) is 1.97. The normalized spacial score (nSPS) is 43.5. The van der Waals surface area contributed by atoms with Crippen molar-refractivity contribution in [1.29, 1.82) is 0 Å². The summed E-state index contributed by atoms with van der Waals surface area (Å²) < 4.78 is 0. The van der Waals surface area contributed by atoms with Gasteiger partial charge in [0.1, 0.15) is 0 Å². The van der Waals surface area contributed by atoms with Gasteiger partial charge in [-0.25, -0.2) is 0 Å². The van der Waals surface area contributed by atoms with Gasteiger partial charge in [-0.15, -0.1) is 0 Å². The molecule has 12 heavy (non-hydrogen) atoms. The average molecular weight is 188 g/mol. The molecule has 1 nitrogen and oxygen atoms in total. The fourth-order valence-corrected chi connectivity index (χ4v) is 2.48. The number of hydrogen-bond acceptors (Lipinski definition) is 2. The second-order valence-electron chi connectivity index (χ2n) is 4.44. The zero-order valence-corrected chi connectivity index (χ0v) is 9.09. The van der Waals surface area contributed by atoms with Crippen LogP contribution in [0.4, 0.5) is 0 Å². The first-order chi connectivity index (χ1) is 5.54. The molecule has 0 spiro atoms. The van der Waals surface area contributed by atoms with E-state index >= 15 is 0 Å². The zero-order chi connectivity index (χ0) is 9.30. The Bertz CT molecular complexity index is 147.